The topological polar surface area (TPSA) is 41.1 Å². The van der Waals surface area contributed by atoms with E-state index in [0.29, 0.717) is 6.04 Å². The molecule has 0 aromatic carbocycles. The number of carbonyl (C=O) groups is 1. The van der Waals surface area contributed by atoms with Gasteiger partial charge < -0.3 is 5.32 Å². The second kappa shape index (κ2) is 5.45. The first-order valence-corrected chi connectivity index (χ1v) is 8.50. The van der Waals surface area contributed by atoms with Crippen LogP contribution in [0.2, 0.25) is 0 Å². The first-order chi connectivity index (χ1) is 8.79. The lowest BCUT2D eigenvalue weighted by Gasteiger charge is -2.54. The molecule has 1 heterocycles. The molecule has 4 saturated carbocycles. The van der Waals surface area contributed by atoms with E-state index in [-0.39, 0.29) is 23.7 Å². The summed E-state index contributed by atoms with van der Waals surface area (Å²) in [6, 6.07) is 0.494. The van der Waals surface area contributed by atoms with Crippen molar-refractivity contribution in [3.63, 3.8) is 0 Å². The molecule has 4 bridgehead atoms. The lowest BCUT2D eigenvalue weighted by molar-refractivity contribution is -0.124. The molecule has 0 aromatic rings. The third kappa shape index (κ3) is 2.52. The molecule has 2 N–H and O–H groups in total. The van der Waals surface area contributed by atoms with Gasteiger partial charge in [0.05, 0.1) is 0 Å². The van der Waals surface area contributed by atoms with Gasteiger partial charge in [0.2, 0.25) is 5.91 Å². The Kier molecular flexibility index (Phi) is 4.03. The maximum absolute atomic E-state index is 12.2. The molecule has 1 amide bonds. The average Bonchev–Trinajstić information content (AvgIpc) is 2.86. The Morgan fingerprint density at radius 2 is 1.68 bits per heavy atom. The van der Waals surface area contributed by atoms with Gasteiger partial charge in [-0.3, -0.25) is 10.1 Å². The molecule has 4 aliphatic carbocycles. The van der Waals surface area contributed by atoms with Gasteiger partial charge in [0.25, 0.3) is 0 Å². The van der Waals surface area contributed by atoms with Gasteiger partial charge in [0, 0.05) is 18.3 Å². The monoisotopic (exact) mass is 302 g/mol. The maximum atomic E-state index is 12.2. The van der Waals surface area contributed by atoms with Crippen LogP contribution in [-0.4, -0.2) is 29.6 Å². The summed E-state index contributed by atoms with van der Waals surface area (Å²) < 4.78 is 0. The second-order valence-electron chi connectivity index (χ2n) is 6.67. The van der Waals surface area contributed by atoms with Crippen molar-refractivity contribution >= 4 is 30.1 Å². The molecule has 1 saturated heterocycles. The fraction of sp³-hybridized carbons (Fsp3) is 0.929. The van der Waals surface area contributed by atoms with Gasteiger partial charge in [-0.1, -0.05) is 0 Å². The van der Waals surface area contributed by atoms with Crippen LogP contribution < -0.4 is 10.6 Å². The zero-order valence-corrected chi connectivity index (χ0v) is 12.8. The van der Waals surface area contributed by atoms with Crippen molar-refractivity contribution in [2.24, 2.45) is 23.7 Å². The molecule has 5 heteroatoms. The van der Waals surface area contributed by atoms with E-state index in [0.717, 1.165) is 36.0 Å². The van der Waals surface area contributed by atoms with Crippen LogP contribution in [0, 0.1) is 23.7 Å². The van der Waals surface area contributed by atoms with Crippen LogP contribution in [-0.2, 0) is 4.79 Å². The predicted octanol–water partition coefficient (Wildman–Crippen LogP) is 2.01. The molecule has 0 spiro atoms. The predicted molar refractivity (Wildman–Crippen MR) is 80.5 cm³/mol. The standard InChI is InChI=1S/C14H22N2OS.ClH/c17-13(14-15-1-2-18-14)16-12-10-4-8-3-9(6-10)7-11(12)5-8;/h8-12,14-15H,1-7H2,(H,16,17);1H. The van der Waals surface area contributed by atoms with E-state index < -0.39 is 0 Å². The van der Waals surface area contributed by atoms with Crippen molar-refractivity contribution < 1.29 is 4.79 Å². The first kappa shape index (κ1) is 14.0. The van der Waals surface area contributed by atoms with Gasteiger partial charge in [-0.2, -0.15) is 0 Å². The Morgan fingerprint density at radius 3 is 2.21 bits per heavy atom. The van der Waals surface area contributed by atoms with Crippen molar-refractivity contribution in [2.75, 3.05) is 12.3 Å². The molecule has 5 rings (SSSR count). The molecule has 1 atom stereocenters. The minimum atomic E-state index is 0. The van der Waals surface area contributed by atoms with E-state index >= 15 is 0 Å². The molecule has 1 aliphatic heterocycles. The summed E-state index contributed by atoms with van der Waals surface area (Å²) >= 11 is 1.75. The zero-order chi connectivity index (χ0) is 12.1. The Labute approximate surface area is 125 Å². The number of halogens is 1. The minimum Gasteiger partial charge on any atom is -0.351 e. The number of nitrogens with one attached hydrogen (secondary N) is 2. The molecule has 3 nitrogen and oxygen atoms in total. The quantitative estimate of drug-likeness (QED) is 0.820. The van der Waals surface area contributed by atoms with Crippen LogP contribution in [0.3, 0.4) is 0 Å². The third-order valence-electron chi connectivity index (χ3n) is 5.49. The first-order valence-electron chi connectivity index (χ1n) is 7.45. The van der Waals surface area contributed by atoms with Gasteiger partial charge in [0.1, 0.15) is 5.37 Å². The van der Waals surface area contributed by atoms with E-state index in [9.17, 15) is 4.79 Å². The van der Waals surface area contributed by atoms with Crippen molar-refractivity contribution in [3.05, 3.63) is 0 Å². The number of hydrogen-bond acceptors (Lipinski definition) is 3. The van der Waals surface area contributed by atoms with Gasteiger partial charge >= 0.3 is 0 Å². The number of thioether (sulfide) groups is 1. The summed E-state index contributed by atoms with van der Waals surface area (Å²) in [4.78, 5) is 12.2. The number of carbonyl (C=O) groups excluding carboxylic acids is 1. The summed E-state index contributed by atoms with van der Waals surface area (Å²) in [7, 11) is 0. The highest BCUT2D eigenvalue weighted by molar-refractivity contribution is 8.00. The fourth-order valence-corrected chi connectivity index (χ4v) is 5.92. The van der Waals surface area contributed by atoms with Crippen LogP contribution in [0.15, 0.2) is 0 Å². The largest absolute Gasteiger partial charge is 0.351 e. The fourth-order valence-electron chi connectivity index (χ4n) is 4.99. The van der Waals surface area contributed by atoms with Gasteiger partial charge in [-0.15, -0.1) is 24.2 Å². The minimum absolute atomic E-state index is 0. The van der Waals surface area contributed by atoms with E-state index in [4.69, 9.17) is 0 Å². The highest BCUT2D eigenvalue weighted by Crippen LogP contribution is 2.53. The summed E-state index contributed by atoms with van der Waals surface area (Å²) in [6.07, 6.45) is 6.99. The molecule has 108 valence electrons. The molecule has 5 fully saturated rings. The van der Waals surface area contributed by atoms with Gasteiger partial charge in [0.15, 0.2) is 0 Å². The van der Waals surface area contributed by atoms with Gasteiger partial charge in [-0.25, -0.2) is 0 Å². The Bertz CT molecular complexity index is 331. The normalized spacial score (nSPS) is 46.9. The molecular weight excluding hydrogens is 280 g/mol. The highest BCUT2D eigenvalue weighted by Gasteiger charge is 2.48. The van der Waals surface area contributed by atoms with E-state index in [1.807, 2.05) is 0 Å². The maximum Gasteiger partial charge on any atom is 0.247 e. The molecule has 19 heavy (non-hydrogen) atoms. The van der Waals surface area contributed by atoms with Gasteiger partial charge in [-0.05, 0) is 55.8 Å². The van der Waals surface area contributed by atoms with E-state index in [1.54, 1.807) is 11.8 Å². The van der Waals surface area contributed by atoms with Crippen LogP contribution in [0.1, 0.15) is 32.1 Å². The highest BCUT2D eigenvalue weighted by atomic mass is 35.5. The number of rotatable bonds is 2. The number of hydrogen-bond donors (Lipinski definition) is 2. The summed E-state index contributed by atoms with van der Waals surface area (Å²) in [5.41, 5.74) is 0. The number of amides is 1. The summed E-state index contributed by atoms with van der Waals surface area (Å²) in [6.45, 7) is 0.977. The van der Waals surface area contributed by atoms with Crippen molar-refractivity contribution in [2.45, 2.75) is 43.5 Å². The smallest absolute Gasteiger partial charge is 0.247 e. The molecule has 0 aromatic heterocycles. The molecular formula is C14H23ClN2OS. The van der Waals surface area contributed by atoms with Crippen LogP contribution in [0.5, 0.6) is 0 Å². The Morgan fingerprint density at radius 1 is 1.05 bits per heavy atom. The van der Waals surface area contributed by atoms with Crippen LogP contribution >= 0.6 is 24.2 Å². The second-order valence-corrected chi connectivity index (χ2v) is 7.88. The lowest BCUT2D eigenvalue weighted by atomic mass is 9.54. The lowest BCUT2D eigenvalue weighted by Crippen LogP contribution is -2.57. The van der Waals surface area contributed by atoms with E-state index in [1.165, 1.54) is 32.1 Å². The zero-order valence-electron chi connectivity index (χ0n) is 11.1. The van der Waals surface area contributed by atoms with Crippen molar-refractivity contribution in [3.8, 4) is 0 Å². The van der Waals surface area contributed by atoms with E-state index in [2.05, 4.69) is 10.6 Å². The molecule has 0 radical (unpaired) electrons. The van der Waals surface area contributed by atoms with Crippen LogP contribution in [0.25, 0.3) is 0 Å². The SMILES string of the molecule is Cl.O=C(NC1C2CC3CC(C2)CC1C3)C1NCCS1. The van der Waals surface area contributed by atoms with Crippen LogP contribution in [0.4, 0.5) is 0 Å². The summed E-state index contributed by atoms with van der Waals surface area (Å²) in [5.74, 6) is 4.86. The molecule has 5 aliphatic rings. The van der Waals surface area contributed by atoms with Crippen molar-refractivity contribution in [1.29, 1.82) is 0 Å². The third-order valence-corrected chi connectivity index (χ3v) is 6.64. The Hall–Kier alpha value is 0.0700. The Balaban J connectivity index is 0.00000110. The average molecular weight is 303 g/mol. The van der Waals surface area contributed by atoms with Crippen molar-refractivity contribution in [1.82, 2.24) is 10.6 Å². The summed E-state index contributed by atoms with van der Waals surface area (Å²) in [5, 5.41) is 6.68. The molecule has 1 unspecified atom stereocenters.